The van der Waals surface area contributed by atoms with E-state index in [1.54, 1.807) is 31.2 Å². The number of rotatable bonds is 6. The van der Waals surface area contributed by atoms with Crippen molar-refractivity contribution in [3.63, 3.8) is 0 Å². The van der Waals surface area contributed by atoms with Crippen LogP contribution in [0.3, 0.4) is 0 Å². The first-order valence-electron chi connectivity index (χ1n) is 9.44. The topological polar surface area (TPSA) is 80.9 Å². The number of halogens is 1. The number of carbonyl (C=O) groups is 1. The first kappa shape index (κ1) is 22.7. The number of hydrogen-bond acceptors (Lipinski definition) is 5. The number of carbonyl (C=O) groups excluding carboxylic acids is 1. The highest BCUT2D eigenvalue weighted by atomic mass is 35.5. The van der Waals surface area contributed by atoms with E-state index in [2.05, 4.69) is 16.0 Å². The van der Waals surface area contributed by atoms with Crippen molar-refractivity contribution in [1.82, 2.24) is 10.6 Å². The second-order valence-corrected chi connectivity index (χ2v) is 7.79. The van der Waals surface area contributed by atoms with Crippen LogP contribution in [-0.4, -0.2) is 32.3 Å². The first-order chi connectivity index (χ1) is 14.8. The van der Waals surface area contributed by atoms with Gasteiger partial charge in [-0.25, -0.2) is 0 Å². The quantitative estimate of drug-likeness (QED) is 0.558. The zero-order chi connectivity index (χ0) is 22.7. The number of hydrogen-bond donors (Lipinski definition) is 3. The molecule has 2 aromatic rings. The maximum absolute atomic E-state index is 13.3. The lowest BCUT2D eigenvalue weighted by molar-refractivity contribution is -0.113. The molecule has 7 nitrogen and oxygen atoms in total. The van der Waals surface area contributed by atoms with Gasteiger partial charge in [0.05, 0.1) is 32.9 Å². The molecule has 9 heteroatoms. The molecule has 0 saturated heterocycles. The van der Waals surface area contributed by atoms with Gasteiger partial charge in [-0.15, -0.1) is 0 Å². The standard InChI is InChI=1S/C22H24ClN3O4S/c1-11-6-7-14(23)10-15(11)25-21(27)18-12(2)24-22(31)26-19(18)13-8-16(28-3)20(30-5)17(9-13)29-4/h6-10,19H,1-5H3,(H,25,27)(H2,24,26,31). The number of ether oxygens (including phenoxy) is 3. The predicted molar refractivity (Wildman–Crippen MR) is 125 cm³/mol. The summed E-state index contributed by atoms with van der Waals surface area (Å²) in [5, 5.41) is 10.1. The molecule has 2 aromatic carbocycles. The summed E-state index contributed by atoms with van der Waals surface area (Å²) in [6, 6.07) is 8.38. The smallest absolute Gasteiger partial charge is 0.255 e. The van der Waals surface area contributed by atoms with E-state index >= 15 is 0 Å². The van der Waals surface area contributed by atoms with E-state index in [0.717, 1.165) is 11.1 Å². The molecule has 164 valence electrons. The largest absolute Gasteiger partial charge is 0.493 e. The Balaban J connectivity index is 2.06. The Hall–Kier alpha value is -2.97. The lowest BCUT2D eigenvalue weighted by atomic mass is 9.94. The average molecular weight is 462 g/mol. The summed E-state index contributed by atoms with van der Waals surface area (Å²) in [5.41, 5.74) is 3.37. The Bertz CT molecular complexity index is 1050. The molecule has 31 heavy (non-hydrogen) atoms. The molecule has 1 unspecified atom stereocenters. The third-order valence-electron chi connectivity index (χ3n) is 4.98. The number of thiocarbonyl (C=S) groups is 1. The third kappa shape index (κ3) is 4.70. The minimum absolute atomic E-state index is 0.288. The highest BCUT2D eigenvalue weighted by molar-refractivity contribution is 7.80. The Kier molecular flexibility index (Phi) is 6.92. The number of anilines is 1. The molecule has 0 aliphatic carbocycles. The lowest BCUT2D eigenvalue weighted by Gasteiger charge is -2.31. The summed E-state index contributed by atoms with van der Waals surface area (Å²) in [7, 11) is 4.62. The van der Waals surface area contributed by atoms with Crippen molar-refractivity contribution in [3.05, 3.63) is 57.8 Å². The SMILES string of the molecule is COc1cc(C2NC(=S)NC(C)=C2C(=O)Nc2cc(Cl)ccc2C)cc(OC)c1OC. The number of allylic oxidation sites excluding steroid dienone is 1. The van der Waals surface area contributed by atoms with Gasteiger partial charge in [0.25, 0.3) is 5.91 Å². The molecule has 0 fully saturated rings. The summed E-state index contributed by atoms with van der Waals surface area (Å²) in [5.74, 6) is 1.13. The molecule has 3 N–H and O–H groups in total. The van der Waals surface area contributed by atoms with Crippen molar-refractivity contribution in [3.8, 4) is 17.2 Å². The molecule has 0 radical (unpaired) electrons. The van der Waals surface area contributed by atoms with Crippen molar-refractivity contribution in [1.29, 1.82) is 0 Å². The van der Waals surface area contributed by atoms with Crippen LogP contribution < -0.4 is 30.2 Å². The van der Waals surface area contributed by atoms with Gasteiger partial charge in [-0.05, 0) is 61.5 Å². The van der Waals surface area contributed by atoms with Gasteiger partial charge in [0.1, 0.15) is 0 Å². The van der Waals surface area contributed by atoms with Crippen LogP contribution in [0.4, 0.5) is 5.69 Å². The number of methoxy groups -OCH3 is 3. The first-order valence-corrected chi connectivity index (χ1v) is 10.2. The zero-order valence-corrected chi connectivity index (χ0v) is 19.5. The van der Waals surface area contributed by atoms with E-state index in [4.69, 9.17) is 38.0 Å². The van der Waals surface area contributed by atoms with Crippen LogP contribution in [0.25, 0.3) is 0 Å². The maximum atomic E-state index is 13.3. The molecule has 1 aliphatic rings. The molecule has 1 heterocycles. The lowest BCUT2D eigenvalue weighted by Crippen LogP contribution is -2.45. The fraction of sp³-hybridized carbons (Fsp3) is 0.273. The van der Waals surface area contributed by atoms with Crippen LogP contribution in [-0.2, 0) is 4.79 Å². The van der Waals surface area contributed by atoms with Crippen molar-refractivity contribution < 1.29 is 19.0 Å². The zero-order valence-electron chi connectivity index (χ0n) is 17.9. The molecule has 0 spiro atoms. The number of amides is 1. The van der Waals surface area contributed by atoms with Crippen molar-refractivity contribution in [2.75, 3.05) is 26.6 Å². The molecule has 3 rings (SSSR count). The van der Waals surface area contributed by atoms with E-state index in [9.17, 15) is 4.79 Å². The predicted octanol–water partition coefficient (Wildman–Crippen LogP) is 4.11. The van der Waals surface area contributed by atoms with Crippen LogP contribution in [0, 0.1) is 6.92 Å². The van der Waals surface area contributed by atoms with E-state index in [-0.39, 0.29) is 5.91 Å². The van der Waals surface area contributed by atoms with Crippen LogP contribution in [0.5, 0.6) is 17.2 Å². The third-order valence-corrected chi connectivity index (χ3v) is 5.44. The summed E-state index contributed by atoms with van der Waals surface area (Å²) >= 11 is 11.5. The second-order valence-electron chi connectivity index (χ2n) is 6.94. The fourth-order valence-corrected chi connectivity index (χ4v) is 3.87. The fourth-order valence-electron chi connectivity index (χ4n) is 3.43. The monoisotopic (exact) mass is 461 g/mol. The summed E-state index contributed by atoms with van der Waals surface area (Å²) in [6.07, 6.45) is 0. The van der Waals surface area contributed by atoms with Gasteiger partial charge < -0.3 is 30.2 Å². The highest BCUT2D eigenvalue weighted by Crippen LogP contribution is 2.41. The summed E-state index contributed by atoms with van der Waals surface area (Å²) < 4.78 is 16.4. The molecule has 0 saturated carbocycles. The Labute approximate surface area is 191 Å². The summed E-state index contributed by atoms with van der Waals surface area (Å²) in [6.45, 7) is 3.70. The molecular formula is C22H24ClN3O4S. The van der Waals surface area contributed by atoms with E-state index in [0.29, 0.717) is 44.3 Å². The van der Waals surface area contributed by atoms with Gasteiger partial charge in [0.2, 0.25) is 5.75 Å². The van der Waals surface area contributed by atoms with Gasteiger partial charge in [-0.1, -0.05) is 17.7 Å². The highest BCUT2D eigenvalue weighted by Gasteiger charge is 2.31. The molecule has 1 aliphatic heterocycles. The van der Waals surface area contributed by atoms with Crippen LogP contribution in [0.1, 0.15) is 24.1 Å². The van der Waals surface area contributed by atoms with Gasteiger partial charge in [0.15, 0.2) is 16.6 Å². The average Bonchev–Trinajstić information content (AvgIpc) is 2.74. The maximum Gasteiger partial charge on any atom is 0.255 e. The Morgan fingerprint density at radius 1 is 1.06 bits per heavy atom. The van der Waals surface area contributed by atoms with E-state index < -0.39 is 6.04 Å². The molecule has 0 aromatic heterocycles. The van der Waals surface area contributed by atoms with Gasteiger partial charge in [0, 0.05) is 16.4 Å². The van der Waals surface area contributed by atoms with Gasteiger partial charge >= 0.3 is 0 Å². The molecule has 1 atom stereocenters. The number of nitrogens with one attached hydrogen (secondary N) is 3. The van der Waals surface area contributed by atoms with E-state index in [1.165, 1.54) is 21.3 Å². The summed E-state index contributed by atoms with van der Waals surface area (Å²) in [4.78, 5) is 13.3. The second kappa shape index (κ2) is 9.45. The van der Waals surface area contributed by atoms with Crippen molar-refractivity contribution in [2.24, 2.45) is 0 Å². The van der Waals surface area contributed by atoms with Crippen molar-refractivity contribution in [2.45, 2.75) is 19.9 Å². The Morgan fingerprint density at radius 3 is 2.29 bits per heavy atom. The minimum Gasteiger partial charge on any atom is -0.493 e. The van der Waals surface area contributed by atoms with Gasteiger partial charge in [-0.2, -0.15) is 0 Å². The van der Waals surface area contributed by atoms with Crippen LogP contribution >= 0.6 is 23.8 Å². The van der Waals surface area contributed by atoms with E-state index in [1.807, 2.05) is 13.0 Å². The van der Waals surface area contributed by atoms with Crippen LogP contribution in [0.2, 0.25) is 5.02 Å². The number of benzene rings is 2. The molecule has 1 amide bonds. The molecular weight excluding hydrogens is 438 g/mol. The number of aryl methyl sites for hydroxylation is 1. The minimum atomic E-state index is -0.540. The van der Waals surface area contributed by atoms with Crippen molar-refractivity contribution >= 4 is 40.5 Å². The van der Waals surface area contributed by atoms with Crippen LogP contribution in [0.15, 0.2) is 41.6 Å². The molecule has 0 bridgehead atoms. The Morgan fingerprint density at radius 2 is 1.71 bits per heavy atom. The normalized spacial score (nSPS) is 15.7. The van der Waals surface area contributed by atoms with Gasteiger partial charge in [-0.3, -0.25) is 4.79 Å².